The Labute approximate surface area is 81.2 Å². The average molecular weight is 197 g/mol. The maximum Gasteiger partial charge on any atom is 0.200 e. The second kappa shape index (κ2) is 3.64. The standard InChI is InChI=1S/C9H11NO4/c11-10(12,14-7-9-6-13-9)8-4-2-1-3-5-8/h1-5,9,11H,6-7H2. The first kappa shape index (κ1) is 9.57. The molecule has 0 radical (unpaired) electrons. The van der Waals surface area contributed by atoms with E-state index in [0.717, 1.165) is 0 Å². The van der Waals surface area contributed by atoms with Crippen molar-refractivity contribution < 1.29 is 14.8 Å². The molecule has 1 aliphatic heterocycles. The number of epoxide rings is 1. The molecule has 2 atom stereocenters. The minimum absolute atomic E-state index is 0.0442. The molecule has 1 aromatic carbocycles. The average Bonchev–Trinajstić information content (AvgIpc) is 3.00. The zero-order chi connectivity index (χ0) is 10.0. The second-order valence-electron chi connectivity index (χ2n) is 3.11. The van der Waals surface area contributed by atoms with Crippen molar-refractivity contribution in [1.29, 1.82) is 0 Å². The molecule has 2 unspecified atom stereocenters. The lowest BCUT2D eigenvalue weighted by atomic mass is 10.3. The molecular formula is C9H11NO4. The zero-order valence-corrected chi connectivity index (χ0v) is 7.50. The van der Waals surface area contributed by atoms with Gasteiger partial charge in [0.1, 0.15) is 12.7 Å². The summed E-state index contributed by atoms with van der Waals surface area (Å²) in [6.45, 7) is 0.698. The second-order valence-corrected chi connectivity index (χ2v) is 3.11. The fraction of sp³-hybridized carbons (Fsp3) is 0.333. The molecule has 0 saturated carbocycles. The van der Waals surface area contributed by atoms with Crippen molar-refractivity contribution in [2.75, 3.05) is 13.2 Å². The van der Waals surface area contributed by atoms with Crippen molar-refractivity contribution in [3.05, 3.63) is 35.5 Å². The molecule has 1 aliphatic rings. The summed E-state index contributed by atoms with van der Waals surface area (Å²) < 4.78 is 4.85. The van der Waals surface area contributed by atoms with Gasteiger partial charge in [-0.05, 0) is 4.97 Å². The summed E-state index contributed by atoms with van der Waals surface area (Å²) in [7, 11) is 0. The largest absolute Gasteiger partial charge is 0.559 e. The van der Waals surface area contributed by atoms with Crippen LogP contribution in [0.4, 0.5) is 5.69 Å². The third kappa shape index (κ3) is 2.28. The Hall–Kier alpha value is -0.980. The predicted octanol–water partition coefficient (Wildman–Crippen LogP) is 1.21. The highest BCUT2D eigenvalue weighted by Crippen LogP contribution is 2.20. The van der Waals surface area contributed by atoms with Crippen molar-refractivity contribution in [3.63, 3.8) is 0 Å². The molecule has 0 aromatic heterocycles. The summed E-state index contributed by atoms with van der Waals surface area (Å²) in [5.41, 5.74) is 0.146. The summed E-state index contributed by atoms with van der Waals surface area (Å²) in [5.74, 6) is 0. The first-order valence-electron chi connectivity index (χ1n) is 4.33. The van der Waals surface area contributed by atoms with Crippen LogP contribution in [0.2, 0.25) is 0 Å². The molecule has 76 valence electrons. The van der Waals surface area contributed by atoms with Gasteiger partial charge in [0, 0.05) is 12.1 Å². The van der Waals surface area contributed by atoms with Crippen LogP contribution in [-0.4, -0.2) is 24.5 Å². The van der Waals surface area contributed by atoms with E-state index in [1.165, 1.54) is 12.1 Å². The number of hydrogen-bond acceptors (Lipinski definition) is 4. The smallest absolute Gasteiger partial charge is 0.200 e. The van der Waals surface area contributed by atoms with Crippen LogP contribution in [-0.2, 0) is 9.57 Å². The van der Waals surface area contributed by atoms with Crippen LogP contribution in [0.5, 0.6) is 0 Å². The van der Waals surface area contributed by atoms with E-state index >= 15 is 0 Å². The lowest BCUT2D eigenvalue weighted by Crippen LogP contribution is -2.40. The van der Waals surface area contributed by atoms with Crippen LogP contribution < -0.4 is 4.97 Å². The van der Waals surface area contributed by atoms with Gasteiger partial charge in [-0.2, -0.15) is 10.0 Å². The van der Waals surface area contributed by atoms with E-state index in [-0.39, 0.29) is 18.4 Å². The van der Waals surface area contributed by atoms with Crippen LogP contribution in [0.3, 0.4) is 0 Å². The molecule has 1 aromatic rings. The van der Waals surface area contributed by atoms with E-state index in [4.69, 9.17) is 9.57 Å². The zero-order valence-electron chi connectivity index (χ0n) is 7.50. The Morgan fingerprint density at radius 2 is 2.14 bits per heavy atom. The molecule has 0 bridgehead atoms. The van der Waals surface area contributed by atoms with E-state index in [1.807, 2.05) is 0 Å². The van der Waals surface area contributed by atoms with Crippen LogP contribution in [0.15, 0.2) is 30.3 Å². The normalized spacial score (nSPS) is 24.3. The molecule has 1 saturated heterocycles. The van der Waals surface area contributed by atoms with Gasteiger partial charge >= 0.3 is 0 Å². The summed E-state index contributed by atoms with van der Waals surface area (Å²) in [4.78, 5) is 2.95. The van der Waals surface area contributed by atoms with Gasteiger partial charge in [0.05, 0.1) is 6.61 Å². The maximum atomic E-state index is 11.5. The number of para-hydroxylation sites is 1. The fourth-order valence-corrected chi connectivity index (χ4v) is 1.04. The predicted molar refractivity (Wildman–Crippen MR) is 49.1 cm³/mol. The highest BCUT2D eigenvalue weighted by molar-refractivity contribution is 5.38. The SMILES string of the molecule is [O-][N+](O)(OCC1CO1)c1ccccc1. The van der Waals surface area contributed by atoms with E-state index in [2.05, 4.69) is 0 Å². The van der Waals surface area contributed by atoms with E-state index < -0.39 is 4.97 Å². The Kier molecular flexibility index (Phi) is 2.49. The molecule has 1 N–H and O–H groups in total. The molecule has 1 fully saturated rings. The van der Waals surface area contributed by atoms with Gasteiger partial charge in [-0.1, -0.05) is 18.2 Å². The summed E-state index contributed by atoms with van der Waals surface area (Å²) in [5, 5.41) is 20.8. The third-order valence-corrected chi connectivity index (χ3v) is 1.92. The lowest BCUT2D eigenvalue weighted by Gasteiger charge is -2.28. The van der Waals surface area contributed by atoms with Crippen LogP contribution in [0.25, 0.3) is 0 Å². The summed E-state index contributed by atoms with van der Waals surface area (Å²) in [6, 6.07) is 8.08. The highest BCUT2D eigenvalue weighted by atomic mass is 17.1. The number of quaternary nitrogens is 1. The Morgan fingerprint density at radius 3 is 2.71 bits per heavy atom. The molecule has 0 spiro atoms. The van der Waals surface area contributed by atoms with Crippen LogP contribution in [0, 0.1) is 5.21 Å². The topological polar surface area (TPSA) is 65.0 Å². The third-order valence-electron chi connectivity index (χ3n) is 1.92. The van der Waals surface area contributed by atoms with Crippen LogP contribution >= 0.6 is 0 Å². The Morgan fingerprint density at radius 1 is 1.50 bits per heavy atom. The molecule has 0 aliphatic carbocycles. The minimum Gasteiger partial charge on any atom is -0.559 e. The van der Waals surface area contributed by atoms with Crippen LogP contribution in [0.1, 0.15) is 0 Å². The van der Waals surface area contributed by atoms with Gasteiger partial charge in [0.15, 0.2) is 5.69 Å². The molecule has 14 heavy (non-hydrogen) atoms. The van der Waals surface area contributed by atoms with Gasteiger partial charge in [0.2, 0.25) is 0 Å². The van der Waals surface area contributed by atoms with Gasteiger partial charge < -0.3 is 9.94 Å². The lowest BCUT2D eigenvalue weighted by molar-refractivity contribution is -0.292. The first-order chi connectivity index (χ1) is 6.68. The summed E-state index contributed by atoms with van der Waals surface area (Å²) in [6.07, 6.45) is -0.0442. The van der Waals surface area contributed by atoms with Crippen molar-refractivity contribution in [1.82, 2.24) is 4.97 Å². The molecule has 5 heteroatoms. The fourth-order valence-electron chi connectivity index (χ4n) is 1.04. The molecule has 2 rings (SSSR count). The number of rotatable bonds is 4. The molecule has 0 amide bonds. The van der Waals surface area contributed by atoms with Gasteiger partial charge in [-0.3, -0.25) is 0 Å². The van der Waals surface area contributed by atoms with E-state index in [0.29, 0.717) is 6.61 Å². The van der Waals surface area contributed by atoms with Gasteiger partial charge in [-0.25, -0.2) is 0 Å². The van der Waals surface area contributed by atoms with E-state index in [9.17, 15) is 10.4 Å². The van der Waals surface area contributed by atoms with Crippen molar-refractivity contribution in [2.45, 2.75) is 6.10 Å². The first-order valence-corrected chi connectivity index (χ1v) is 4.33. The molecule has 5 nitrogen and oxygen atoms in total. The number of nitrogens with zero attached hydrogens (tertiary/aromatic N) is 1. The number of hydrogen-bond donors (Lipinski definition) is 1. The Balaban J connectivity index is 1.99. The molecule has 1 heterocycles. The highest BCUT2D eigenvalue weighted by Gasteiger charge is 2.29. The number of ether oxygens (including phenoxy) is 1. The van der Waals surface area contributed by atoms with E-state index in [1.54, 1.807) is 18.2 Å². The van der Waals surface area contributed by atoms with Gasteiger partial charge in [0.25, 0.3) is 0 Å². The van der Waals surface area contributed by atoms with Crippen molar-refractivity contribution in [3.8, 4) is 0 Å². The van der Waals surface area contributed by atoms with Crippen molar-refractivity contribution >= 4 is 5.69 Å². The number of benzene rings is 1. The minimum atomic E-state index is -1.80. The quantitative estimate of drug-likeness (QED) is 0.447. The van der Waals surface area contributed by atoms with Crippen molar-refractivity contribution in [2.24, 2.45) is 0 Å². The maximum absolute atomic E-state index is 11.5. The monoisotopic (exact) mass is 197 g/mol. The van der Waals surface area contributed by atoms with Gasteiger partial charge in [-0.15, -0.1) is 0 Å². The summed E-state index contributed by atoms with van der Waals surface area (Å²) >= 11 is 0. The molecular weight excluding hydrogens is 186 g/mol. The Bertz CT molecular complexity index is 297.